The molecule has 2 aromatic carbocycles. The minimum absolute atomic E-state index is 0.0965. The average Bonchev–Trinajstić information content (AvgIpc) is 3.23. The van der Waals surface area contributed by atoms with Crippen molar-refractivity contribution in [1.29, 1.82) is 0 Å². The smallest absolute Gasteiger partial charge is 0.338 e. The lowest BCUT2D eigenvalue weighted by molar-refractivity contribution is -0.384. The quantitative estimate of drug-likeness (QED) is 0.377. The van der Waals surface area contributed by atoms with Crippen molar-refractivity contribution in [2.75, 3.05) is 0 Å². The van der Waals surface area contributed by atoms with Crippen molar-refractivity contribution in [2.45, 2.75) is 25.0 Å². The summed E-state index contributed by atoms with van der Waals surface area (Å²) in [4.78, 5) is 34.6. The first kappa shape index (κ1) is 19.3. The summed E-state index contributed by atoms with van der Waals surface area (Å²) in [5.41, 5.74) is 1.57. The third kappa shape index (κ3) is 4.19. The van der Waals surface area contributed by atoms with Gasteiger partial charge < -0.3 is 14.6 Å². The van der Waals surface area contributed by atoms with Crippen LogP contribution in [0.3, 0.4) is 0 Å². The van der Waals surface area contributed by atoms with Crippen LogP contribution in [-0.4, -0.2) is 34.1 Å². The molecule has 30 heavy (non-hydrogen) atoms. The molecule has 1 fully saturated rings. The number of nitro benzene ring substituents is 1. The number of amides is 1. The van der Waals surface area contributed by atoms with Crippen molar-refractivity contribution in [3.8, 4) is 11.3 Å². The summed E-state index contributed by atoms with van der Waals surface area (Å²) in [5.74, 6) is -0.822. The normalized spacial score (nSPS) is 17.6. The van der Waals surface area contributed by atoms with Crippen LogP contribution in [-0.2, 0) is 4.74 Å². The number of nitro groups is 1. The number of hydrogen-bond acceptors (Lipinski definition) is 7. The van der Waals surface area contributed by atoms with Crippen LogP contribution >= 0.6 is 0 Å². The topological polar surface area (TPSA) is 125 Å². The maximum atomic E-state index is 12.3. The standard InChI is InChI=1S/C21H17N3O6/c25-20(19-12-18(23-30-19)13-4-2-1-3-5-13)22-15-10-17(11-15)29-21(26)14-6-8-16(9-7-14)24(27)28/h1-9,12,15,17H,10-11H2,(H,22,25). The molecule has 0 unspecified atom stereocenters. The summed E-state index contributed by atoms with van der Waals surface area (Å²) >= 11 is 0. The van der Waals surface area contributed by atoms with Gasteiger partial charge in [-0.3, -0.25) is 14.9 Å². The molecule has 4 rings (SSSR count). The third-order valence-electron chi connectivity index (χ3n) is 4.82. The van der Waals surface area contributed by atoms with E-state index in [4.69, 9.17) is 9.26 Å². The second-order valence-corrected chi connectivity index (χ2v) is 6.92. The van der Waals surface area contributed by atoms with Crippen LogP contribution in [0.5, 0.6) is 0 Å². The van der Waals surface area contributed by atoms with Crippen molar-refractivity contribution in [2.24, 2.45) is 0 Å². The van der Waals surface area contributed by atoms with E-state index >= 15 is 0 Å². The first-order chi connectivity index (χ1) is 14.5. The van der Waals surface area contributed by atoms with Crippen LogP contribution < -0.4 is 5.32 Å². The lowest BCUT2D eigenvalue weighted by Gasteiger charge is -2.34. The highest BCUT2D eigenvalue weighted by Crippen LogP contribution is 2.26. The van der Waals surface area contributed by atoms with Crippen LogP contribution in [0, 0.1) is 10.1 Å². The molecule has 3 aromatic rings. The van der Waals surface area contributed by atoms with Crippen LogP contribution in [0.15, 0.2) is 65.2 Å². The van der Waals surface area contributed by atoms with Gasteiger partial charge in [0.15, 0.2) is 0 Å². The molecule has 0 bridgehead atoms. The van der Waals surface area contributed by atoms with Crippen molar-refractivity contribution < 1.29 is 23.8 Å². The van der Waals surface area contributed by atoms with Crippen molar-refractivity contribution >= 4 is 17.6 Å². The van der Waals surface area contributed by atoms with Crippen molar-refractivity contribution in [3.63, 3.8) is 0 Å². The Morgan fingerprint density at radius 2 is 1.80 bits per heavy atom. The number of nitrogens with zero attached hydrogens (tertiary/aromatic N) is 2. The molecular formula is C21H17N3O6. The molecule has 0 saturated heterocycles. The van der Waals surface area contributed by atoms with Crippen LogP contribution in [0.4, 0.5) is 5.69 Å². The SMILES string of the molecule is O=C(OC1CC(NC(=O)c2cc(-c3ccccc3)no2)C1)c1ccc([N+](=O)[O-])cc1. The van der Waals surface area contributed by atoms with Gasteiger partial charge in [-0.05, 0) is 12.1 Å². The lowest BCUT2D eigenvalue weighted by Crippen LogP contribution is -2.48. The molecule has 1 aliphatic rings. The molecular weight excluding hydrogens is 390 g/mol. The molecule has 152 valence electrons. The van der Waals surface area contributed by atoms with Gasteiger partial charge in [-0.1, -0.05) is 35.5 Å². The zero-order valence-electron chi connectivity index (χ0n) is 15.7. The molecule has 1 amide bonds. The van der Waals surface area contributed by atoms with E-state index in [2.05, 4.69) is 10.5 Å². The van der Waals surface area contributed by atoms with Gasteiger partial charge >= 0.3 is 5.97 Å². The number of rotatable bonds is 6. The number of nitrogens with one attached hydrogen (secondary N) is 1. The zero-order chi connectivity index (χ0) is 21.1. The Morgan fingerprint density at radius 3 is 2.47 bits per heavy atom. The minimum atomic E-state index is -0.553. The fraction of sp³-hybridized carbons (Fsp3) is 0.190. The van der Waals surface area contributed by atoms with Gasteiger partial charge in [-0.2, -0.15) is 0 Å². The number of hydrogen-bond donors (Lipinski definition) is 1. The first-order valence-corrected chi connectivity index (χ1v) is 9.28. The Labute approximate surface area is 170 Å². The Hall–Kier alpha value is -4.01. The minimum Gasteiger partial charge on any atom is -0.459 e. The molecule has 1 saturated carbocycles. The molecule has 0 radical (unpaired) electrons. The lowest BCUT2D eigenvalue weighted by atomic mass is 9.89. The van der Waals surface area contributed by atoms with Gasteiger partial charge in [-0.15, -0.1) is 0 Å². The molecule has 0 spiro atoms. The highest BCUT2D eigenvalue weighted by Gasteiger charge is 2.34. The van der Waals surface area contributed by atoms with Crippen LogP contribution in [0.2, 0.25) is 0 Å². The second-order valence-electron chi connectivity index (χ2n) is 6.92. The van der Waals surface area contributed by atoms with E-state index in [1.54, 1.807) is 6.07 Å². The first-order valence-electron chi connectivity index (χ1n) is 9.28. The fourth-order valence-corrected chi connectivity index (χ4v) is 3.10. The van der Waals surface area contributed by atoms with Gasteiger partial charge in [0.05, 0.1) is 10.5 Å². The number of aromatic nitrogens is 1. The predicted molar refractivity (Wildman–Crippen MR) is 105 cm³/mol. The highest BCUT2D eigenvalue weighted by molar-refractivity contribution is 5.92. The van der Waals surface area contributed by atoms with Crippen molar-refractivity contribution in [1.82, 2.24) is 10.5 Å². The third-order valence-corrected chi connectivity index (χ3v) is 4.82. The zero-order valence-corrected chi connectivity index (χ0v) is 15.7. The van der Waals surface area contributed by atoms with E-state index in [0.717, 1.165) is 5.56 Å². The Kier molecular flexibility index (Phi) is 5.25. The van der Waals surface area contributed by atoms with Gasteiger partial charge in [0.25, 0.3) is 11.6 Å². The predicted octanol–water partition coefficient (Wildman–Crippen LogP) is 3.37. The van der Waals surface area contributed by atoms with Gasteiger partial charge in [0.2, 0.25) is 5.76 Å². The largest absolute Gasteiger partial charge is 0.459 e. The molecule has 1 aromatic heterocycles. The fourth-order valence-electron chi connectivity index (χ4n) is 3.10. The molecule has 1 N–H and O–H groups in total. The molecule has 9 nitrogen and oxygen atoms in total. The number of carbonyl (C=O) groups excluding carboxylic acids is 2. The molecule has 1 aliphatic carbocycles. The molecule has 0 aliphatic heterocycles. The number of non-ortho nitro benzene ring substituents is 1. The Morgan fingerprint density at radius 1 is 1.10 bits per heavy atom. The maximum absolute atomic E-state index is 12.3. The number of benzene rings is 2. The van der Waals surface area contributed by atoms with E-state index in [1.165, 1.54) is 24.3 Å². The number of carbonyl (C=O) groups is 2. The average molecular weight is 407 g/mol. The van der Waals surface area contributed by atoms with Crippen molar-refractivity contribution in [3.05, 3.63) is 82.1 Å². The summed E-state index contributed by atoms with van der Waals surface area (Å²) in [7, 11) is 0. The Bertz CT molecular complexity index is 1070. The molecule has 0 atom stereocenters. The maximum Gasteiger partial charge on any atom is 0.338 e. The molecule has 9 heteroatoms. The van der Waals surface area contributed by atoms with E-state index < -0.39 is 10.9 Å². The van der Waals surface area contributed by atoms with E-state index in [-0.39, 0.29) is 35.1 Å². The molecule has 1 heterocycles. The Balaban J connectivity index is 1.26. The number of esters is 1. The highest BCUT2D eigenvalue weighted by atomic mass is 16.6. The van der Waals surface area contributed by atoms with Gasteiger partial charge in [0.1, 0.15) is 11.8 Å². The summed E-state index contributed by atoms with van der Waals surface area (Å²) in [6.45, 7) is 0. The van der Waals surface area contributed by atoms with Crippen LogP contribution in [0.25, 0.3) is 11.3 Å². The van der Waals surface area contributed by atoms with E-state index in [0.29, 0.717) is 18.5 Å². The number of ether oxygens (including phenoxy) is 1. The summed E-state index contributed by atoms with van der Waals surface area (Å²) in [6, 6.07) is 16.0. The second kappa shape index (κ2) is 8.16. The van der Waals surface area contributed by atoms with Crippen LogP contribution in [0.1, 0.15) is 33.8 Å². The van der Waals surface area contributed by atoms with E-state index in [1.807, 2.05) is 30.3 Å². The monoisotopic (exact) mass is 407 g/mol. The summed E-state index contributed by atoms with van der Waals surface area (Å²) in [6.07, 6.45) is 0.626. The van der Waals surface area contributed by atoms with Gasteiger partial charge in [0, 0.05) is 42.6 Å². The summed E-state index contributed by atoms with van der Waals surface area (Å²) < 4.78 is 10.5. The van der Waals surface area contributed by atoms with Gasteiger partial charge in [-0.25, -0.2) is 4.79 Å². The summed E-state index contributed by atoms with van der Waals surface area (Å²) in [5, 5.41) is 17.4. The van der Waals surface area contributed by atoms with E-state index in [9.17, 15) is 19.7 Å².